The van der Waals surface area contributed by atoms with Crippen LogP contribution in [0.4, 0.5) is 0 Å². The number of hydrogen-bond acceptors (Lipinski definition) is 5. The van der Waals surface area contributed by atoms with E-state index in [2.05, 4.69) is 4.90 Å². The summed E-state index contributed by atoms with van der Waals surface area (Å²) in [4.78, 5) is 4.46. The van der Waals surface area contributed by atoms with Crippen molar-refractivity contribution in [3.05, 3.63) is 15.8 Å². The van der Waals surface area contributed by atoms with Gasteiger partial charge in [-0.05, 0) is 26.3 Å². The smallest absolute Gasteiger partial charge is 0.244 e. The lowest BCUT2D eigenvalue weighted by Crippen LogP contribution is -2.50. The van der Waals surface area contributed by atoms with E-state index in [0.29, 0.717) is 37.6 Å². The molecule has 1 atom stereocenters. The largest absolute Gasteiger partial charge is 0.392 e. The van der Waals surface area contributed by atoms with Crippen molar-refractivity contribution in [1.29, 1.82) is 0 Å². The van der Waals surface area contributed by atoms with Gasteiger partial charge >= 0.3 is 0 Å². The van der Waals surface area contributed by atoms with Gasteiger partial charge in [0.05, 0.1) is 11.0 Å². The van der Waals surface area contributed by atoms with Gasteiger partial charge in [0.25, 0.3) is 0 Å². The highest BCUT2D eigenvalue weighted by atomic mass is 32.2. The molecule has 0 aromatic carbocycles. The second kappa shape index (κ2) is 6.75. The predicted molar refractivity (Wildman–Crippen MR) is 85.3 cm³/mol. The molecule has 1 aromatic rings. The molecule has 0 radical (unpaired) electrons. The van der Waals surface area contributed by atoms with Gasteiger partial charge < -0.3 is 5.11 Å². The molecular weight excluding hydrogens is 308 g/mol. The van der Waals surface area contributed by atoms with Crippen LogP contribution in [-0.4, -0.2) is 61.6 Å². The Balaban J connectivity index is 2.03. The van der Waals surface area contributed by atoms with Crippen LogP contribution in [0, 0.1) is 13.8 Å². The van der Waals surface area contributed by atoms with Crippen molar-refractivity contribution in [3.63, 3.8) is 0 Å². The molecule has 2 heterocycles. The number of β-amino-alcohol motifs (C(OH)–C–C–N with tert-alkyl or cyclic N) is 1. The van der Waals surface area contributed by atoms with Crippen LogP contribution in [0.1, 0.15) is 23.1 Å². The minimum absolute atomic E-state index is 0.324. The normalized spacial score (nSPS) is 19.8. The fraction of sp³-hybridized carbons (Fsp3) is 0.714. The average molecular weight is 332 g/mol. The molecule has 1 aliphatic rings. The Bertz CT molecular complexity index is 575. The van der Waals surface area contributed by atoms with E-state index in [0.717, 1.165) is 16.2 Å². The lowest BCUT2D eigenvalue weighted by molar-refractivity contribution is 0.0896. The first kappa shape index (κ1) is 16.9. The number of sulfonamides is 1. The molecule has 1 fully saturated rings. The maximum atomic E-state index is 12.7. The Hall–Kier alpha value is -0.470. The predicted octanol–water partition coefficient (Wildman–Crippen LogP) is 1.44. The van der Waals surface area contributed by atoms with E-state index in [4.69, 9.17) is 0 Å². The molecule has 1 unspecified atom stereocenters. The Labute approximate surface area is 131 Å². The Morgan fingerprint density at radius 2 is 1.90 bits per heavy atom. The van der Waals surface area contributed by atoms with Crippen LogP contribution in [0.3, 0.4) is 0 Å². The number of rotatable bonds is 5. The molecule has 5 nitrogen and oxygen atoms in total. The third-order valence-electron chi connectivity index (χ3n) is 3.88. The van der Waals surface area contributed by atoms with E-state index in [1.165, 1.54) is 11.3 Å². The minimum Gasteiger partial charge on any atom is -0.392 e. The Morgan fingerprint density at radius 1 is 1.29 bits per heavy atom. The molecule has 120 valence electrons. The SMILES string of the molecule is CCC(O)CN1CCN(S(=O)(=O)c2cc(C)sc2C)CC1. The van der Waals surface area contributed by atoms with Crippen LogP contribution >= 0.6 is 11.3 Å². The van der Waals surface area contributed by atoms with E-state index < -0.39 is 10.0 Å². The van der Waals surface area contributed by atoms with Gasteiger partial charge in [-0.3, -0.25) is 4.90 Å². The lowest BCUT2D eigenvalue weighted by Gasteiger charge is -2.34. The molecule has 1 aromatic heterocycles. The maximum absolute atomic E-state index is 12.7. The second-order valence-corrected chi connectivity index (χ2v) is 8.91. The van der Waals surface area contributed by atoms with Crippen molar-refractivity contribution in [1.82, 2.24) is 9.21 Å². The van der Waals surface area contributed by atoms with Gasteiger partial charge in [0.2, 0.25) is 10.0 Å². The molecule has 0 bridgehead atoms. The summed E-state index contributed by atoms with van der Waals surface area (Å²) in [6.45, 7) is 8.71. The van der Waals surface area contributed by atoms with Gasteiger partial charge in [0.15, 0.2) is 0 Å². The first-order valence-electron chi connectivity index (χ1n) is 7.32. The van der Waals surface area contributed by atoms with Crippen LogP contribution in [0.2, 0.25) is 0 Å². The summed E-state index contributed by atoms with van der Waals surface area (Å²) in [5.74, 6) is 0. The van der Waals surface area contributed by atoms with E-state index in [-0.39, 0.29) is 6.10 Å². The summed E-state index contributed by atoms with van der Waals surface area (Å²) in [6, 6.07) is 1.77. The molecule has 1 aliphatic heterocycles. The zero-order valence-corrected chi connectivity index (χ0v) is 14.5. The van der Waals surface area contributed by atoms with Crippen LogP contribution in [0.25, 0.3) is 0 Å². The van der Waals surface area contributed by atoms with E-state index >= 15 is 0 Å². The van der Waals surface area contributed by atoms with Crippen molar-refractivity contribution in [2.24, 2.45) is 0 Å². The molecule has 0 aliphatic carbocycles. The molecule has 2 rings (SSSR count). The number of piperazine rings is 1. The fourth-order valence-corrected chi connectivity index (χ4v) is 5.53. The Kier molecular flexibility index (Phi) is 5.43. The number of aryl methyl sites for hydroxylation is 2. The standard InChI is InChI=1S/C14H24N2O3S2/c1-4-13(17)10-15-5-7-16(8-6-15)21(18,19)14-9-11(2)20-12(14)3/h9,13,17H,4-8,10H2,1-3H3. The van der Waals surface area contributed by atoms with Gasteiger partial charge in [0.1, 0.15) is 0 Å². The van der Waals surface area contributed by atoms with Gasteiger partial charge in [-0.2, -0.15) is 4.31 Å². The number of hydrogen-bond donors (Lipinski definition) is 1. The molecule has 7 heteroatoms. The van der Waals surface area contributed by atoms with Crippen molar-refractivity contribution in [2.75, 3.05) is 32.7 Å². The number of aliphatic hydroxyl groups excluding tert-OH is 1. The molecule has 21 heavy (non-hydrogen) atoms. The first-order valence-corrected chi connectivity index (χ1v) is 9.58. The number of nitrogens with zero attached hydrogens (tertiary/aromatic N) is 2. The summed E-state index contributed by atoms with van der Waals surface area (Å²) in [5, 5.41) is 9.68. The highest BCUT2D eigenvalue weighted by molar-refractivity contribution is 7.89. The average Bonchev–Trinajstić information content (AvgIpc) is 2.79. The number of aliphatic hydroxyl groups is 1. The van der Waals surface area contributed by atoms with Crippen LogP contribution < -0.4 is 0 Å². The zero-order chi connectivity index (χ0) is 15.6. The topological polar surface area (TPSA) is 60.9 Å². The molecule has 0 saturated carbocycles. The van der Waals surface area contributed by atoms with Gasteiger partial charge in [-0.25, -0.2) is 8.42 Å². The second-order valence-electron chi connectivity index (χ2n) is 5.54. The highest BCUT2D eigenvalue weighted by Crippen LogP contribution is 2.28. The van der Waals surface area contributed by atoms with Gasteiger partial charge in [-0.15, -0.1) is 11.3 Å². The van der Waals surface area contributed by atoms with E-state index in [1.807, 2.05) is 20.8 Å². The minimum atomic E-state index is -3.37. The van der Waals surface area contributed by atoms with E-state index in [1.54, 1.807) is 10.4 Å². The van der Waals surface area contributed by atoms with Crippen LogP contribution in [0.5, 0.6) is 0 Å². The quantitative estimate of drug-likeness (QED) is 0.886. The van der Waals surface area contributed by atoms with Crippen LogP contribution in [-0.2, 0) is 10.0 Å². The van der Waals surface area contributed by atoms with Gasteiger partial charge in [-0.1, -0.05) is 6.92 Å². The lowest BCUT2D eigenvalue weighted by atomic mass is 10.2. The van der Waals surface area contributed by atoms with Gasteiger partial charge in [0, 0.05) is 42.5 Å². The third-order valence-corrected chi connectivity index (χ3v) is 7.00. The molecule has 1 N–H and O–H groups in total. The van der Waals surface area contributed by atoms with Crippen LogP contribution in [0.15, 0.2) is 11.0 Å². The summed E-state index contributed by atoms with van der Waals surface area (Å²) < 4.78 is 26.9. The molecule has 0 spiro atoms. The molecular formula is C14H24N2O3S2. The zero-order valence-electron chi connectivity index (χ0n) is 12.9. The number of thiophene rings is 1. The van der Waals surface area contributed by atoms with E-state index in [9.17, 15) is 13.5 Å². The summed E-state index contributed by atoms with van der Waals surface area (Å²) >= 11 is 1.52. The fourth-order valence-electron chi connectivity index (χ4n) is 2.58. The van der Waals surface area contributed by atoms with Crippen molar-refractivity contribution >= 4 is 21.4 Å². The molecule has 0 amide bonds. The summed E-state index contributed by atoms with van der Waals surface area (Å²) in [6.07, 6.45) is 0.404. The van der Waals surface area contributed by atoms with Crippen molar-refractivity contribution < 1.29 is 13.5 Å². The molecule has 1 saturated heterocycles. The third kappa shape index (κ3) is 3.84. The Morgan fingerprint density at radius 3 is 2.38 bits per heavy atom. The summed E-state index contributed by atoms with van der Waals surface area (Å²) in [5.41, 5.74) is 0. The van der Waals surface area contributed by atoms with Crippen molar-refractivity contribution in [2.45, 2.75) is 38.2 Å². The monoisotopic (exact) mass is 332 g/mol. The first-order chi connectivity index (χ1) is 9.84. The highest BCUT2D eigenvalue weighted by Gasteiger charge is 2.30. The summed E-state index contributed by atoms with van der Waals surface area (Å²) in [7, 11) is -3.37. The maximum Gasteiger partial charge on any atom is 0.244 e. The van der Waals surface area contributed by atoms with Crippen molar-refractivity contribution in [3.8, 4) is 0 Å².